The number of amides is 4. The molecule has 2 N–H and O–H groups in total. The Morgan fingerprint density at radius 1 is 1.17 bits per heavy atom. The van der Waals surface area contributed by atoms with Crippen LogP contribution < -0.4 is 5.73 Å². The van der Waals surface area contributed by atoms with E-state index in [9.17, 15) is 19.6 Å². The molecule has 1 heterocycles. The number of rotatable bonds is 1. The van der Waals surface area contributed by atoms with Crippen molar-refractivity contribution < 1.29 is 14.4 Å². The van der Waals surface area contributed by atoms with Crippen LogP contribution in [0, 0.1) is 22.7 Å². The fraction of sp³-hybridized carbons (Fsp3) is 0.364. The lowest BCUT2D eigenvalue weighted by molar-refractivity contribution is -0.157. The molecular weight excluding hydrogens is 404 g/mol. The zero-order valence-corrected chi connectivity index (χ0v) is 17.4. The highest BCUT2D eigenvalue weighted by atomic mass is 35.5. The van der Waals surface area contributed by atoms with E-state index >= 15 is 0 Å². The number of hydrogen-bond donors (Lipinski definition) is 1. The van der Waals surface area contributed by atoms with Gasteiger partial charge < -0.3 is 5.73 Å². The molecule has 1 aromatic carbocycles. The zero-order valence-electron chi connectivity index (χ0n) is 16.7. The summed E-state index contributed by atoms with van der Waals surface area (Å²) in [4.78, 5) is 41.7. The molecule has 30 heavy (non-hydrogen) atoms. The maximum atomic E-state index is 13.7. The standard InChI is InChI=1S/C22H21ClN4O3/c1-26-19(28)22(20(29)27(2)21(26)30)17(14-9-5-6-10-16(14)23)13-8-4-3-7-12(13)15(11-24)18(22)25/h5-7,9-10,13,17H,3-4,8,25H2,1-2H3. The van der Waals surface area contributed by atoms with Crippen molar-refractivity contribution in [2.45, 2.75) is 25.2 Å². The Labute approximate surface area is 179 Å². The highest BCUT2D eigenvalue weighted by molar-refractivity contribution is 6.31. The maximum Gasteiger partial charge on any atom is 0.332 e. The number of nitrogens with two attached hydrogens (primary N) is 1. The molecule has 3 aliphatic rings. The molecule has 1 aromatic rings. The van der Waals surface area contributed by atoms with Gasteiger partial charge in [-0.2, -0.15) is 5.26 Å². The average molecular weight is 425 g/mol. The molecule has 154 valence electrons. The Hall–Kier alpha value is -3.11. The normalized spacial score (nSPS) is 25.9. The molecule has 8 heteroatoms. The number of nitriles is 1. The van der Waals surface area contributed by atoms with Crippen molar-refractivity contribution in [3.8, 4) is 6.07 Å². The molecule has 0 saturated carbocycles. The number of barbiturate groups is 1. The van der Waals surface area contributed by atoms with Crippen LogP contribution in [0.2, 0.25) is 5.02 Å². The van der Waals surface area contributed by atoms with Gasteiger partial charge in [0.1, 0.15) is 6.07 Å². The second-order valence-electron chi connectivity index (χ2n) is 7.92. The number of carbonyl (C=O) groups excluding carboxylic acids is 3. The lowest BCUT2D eigenvalue weighted by Crippen LogP contribution is -2.68. The summed E-state index contributed by atoms with van der Waals surface area (Å²) in [6, 6.07) is 8.43. The van der Waals surface area contributed by atoms with Gasteiger partial charge in [-0.3, -0.25) is 19.4 Å². The zero-order chi connectivity index (χ0) is 21.8. The van der Waals surface area contributed by atoms with Crippen molar-refractivity contribution in [2.24, 2.45) is 17.1 Å². The van der Waals surface area contributed by atoms with Gasteiger partial charge in [0.2, 0.25) is 0 Å². The van der Waals surface area contributed by atoms with Crippen molar-refractivity contribution in [1.82, 2.24) is 9.80 Å². The van der Waals surface area contributed by atoms with Crippen LogP contribution in [0.4, 0.5) is 4.79 Å². The van der Waals surface area contributed by atoms with Gasteiger partial charge in [-0.05, 0) is 42.4 Å². The van der Waals surface area contributed by atoms with Crippen LogP contribution >= 0.6 is 11.6 Å². The van der Waals surface area contributed by atoms with Gasteiger partial charge in [-0.1, -0.05) is 35.9 Å². The molecule has 1 fully saturated rings. The van der Waals surface area contributed by atoms with E-state index < -0.39 is 29.2 Å². The van der Waals surface area contributed by atoms with Crippen molar-refractivity contribution in [3.05, 3.63) is 57.8 Å². The summed E-state index contributed by atoms with van der Waals surface area (Å²) >= 11 is 6.55. The van der Waals surface area contributed by atoms with Gasteiger partial charge in [0.15, 0.2) is 5.41 Å². The van der Waals surface area contributed by atoms with E-state index in [0.717, 1.165) is 28.2 Å². The van der Waals surface area contributed by atoms with E-state index in [1.54, 1.807) is 24.3 Å². The summed E-state index contributed by atoms with van der Waals surface area (Å²) in [5.74, 6) is -2.48. The minimum Gasteiger partial charge on any atom is -0.400 e. The summed E-state index contributed by atoms with van der Waals surface area (Å²) in [5.41, 5.74) is 5.99. The number of fused-ring (bicyclic) bond motifs is 1. The van der Waals surface area contributed by atoms with Crippen LogP contribution in [0.15, 0.2) is 47.2 Å². The predicted octanol–water partition coefficient (Wildman–Crippen LogP) is 2.94. The van der Waals surface area contributed by atoms with E-state index in [-0.39, 0.29) is 17.2 Å². The first-order valence-corrected chi connectivity index (χ1v) is 10.1. The smallest absolute Gasteiger partial charge is 0.332 e. The van der Waals surface area contributed by atoms with Crippen LogP contribution in [0.3, 0.4) is 0 Å². The van der Waals surface area contributed by atoms with Crippen molar-refractivity contribution in [2.75, 3.05) is 14.1 Å². The highest BCUT2D eigenvalue weighted by Gasteiger charge is 2.66. The number of nitrogens with zero attached hydrogens (tertiary/aromatic N) is 3. The third-order valence-electron chi connectivity index (χ3n) is 6.54. The Bertz CT molecular complexity index is 1060. The summed E-state index contributed by atoms with van der Waals surface area (Å²) in [5, 5.41) is 10.3. The van der Waals surface area contributed by atoms with Crippen molar-refractivity contribution >= 4 is 29.4 Å². The third-order valence-corrected chi connectivity index (χ3v) is 6.89. The van der Waals surface area contributed by atoms with Gasteiger partial charge in [-0.15, -0.1) is 0 Å². The molecule has 2 atom stereocenters. The number of imide groups is 2. The van der Waals surface area contributed by atoms with Gasteiger partial charge in [0, 0.05) is 25.0 Å². The number of urea groups is 1. The first-order valence-electron chi connectivity index (χ1n) is 9.73. The van der Waals surface area contributed by atoms with Crippen LogP contribution in [0.25, 0.3) is 0 Å². The molecule has 4 rings (SSSR count). The minimum absolute atomic E-state index is 0.111. The van der Waals surface area contributed by atoms with E-state index in [2.05, 4.69) is 6.07 Å². The lowest BCUT2D eigenvalue weighted by atomic mass is 9.54. The highest BCUT2D eigenvalue weighted by Crippen LogP contribution is 2.59. The number of allylic oxidation sites excluding steroid dienone is 3. The quantitative estimate of drug-likeness (QED) is 0.697. The SMILES string of the molecule is CN1C(=O)N(C)C(=O)C2(C1=O)C(N)=C(C#N)C1=CCCCC1C2c1ccccc1Cl. The molecule has 1 aliphatic heterocycles. The first-order chi connectivity index (χ1) is 14.3. The van der Waals surface area contributed by atoms with Gasteiger partial charge in [-0.25, -0.2) is 4.79 Å². The first kappa shape index (κ1) is 20.2. The summed E-state index contributed by atoms with van der Waals surface area (Å²) in [7, 11) is 2.65. The molecule has 0 aromatic heterocycles. The number of halogens is 1. The van der Waals surface area contributed by atoms with Gasteiger partial charge >= 0.3 is 6.03 Å². The summed E-state index contributed by atoms with van der Waals surface area (Å²) in [6.07, 6.45) is 4.26. The van der Waals surface area contributed by atoms with Crippen molar-refractivity contribution in [3.63, 3.8) is 0 Å². The van der Waals surface area contributed by atoms with Gasteiger partial charge in [0.25, 0.3) is 11.8 Å². The largest absolute Gasteiger partial charge is 0.400 e. The number of carbonyl (C=O) groups is 3. The van der Waals surface area contributed by atoms with E-state index in [0.29, 0.717) is 17.0 Å². The Morgan fingerprint density at radius 2 is 1.80 bits per heavy atom. The Kier molecular flexibility index (Phi) is 4.70. The molecule has 1 saturated heterocycles. The Morgan fingerprint density at radius 3 is 2.40 bits per heavy atom. The van der Waals surface area contributed by atoms with Crippen molar-refractivity contribution in [1.29, 1.82) is 5.26 Å². The fourth-order valence-corrected chi connectivity index (χ4v) is 5.43. The molecular formula is C22H21ClN4O3. The molecule has 0 bridgehead atoms. The fourth-order valence-electron chi connectivity index (χ4n) is 5.18. The van der Waals surface area contributed by atoms with Crippen LogP contribution in [-0.2, 0) is 9.59 Å². The summed E-state index contributed by atoms with van der Waals surface area (Å²) < 4.78 is 0. The Balaban J connectivity index is 2.13. The summed E-state index contributed by atoms with van der Waals surface area (Å²) in [6.45, 7) is 0. The molecule has 7 nitrogen and oxygen atoms in total. The van der Waals surface area contributed by atoms with Gasteiger partial charge in [0.05, 0.1) is 11.3 Å². The third kappa shape index (κ3) is 2.40. The second-order valence-corrected chi connectivity index (χ2v) is 8.32. The lowest BCUT2D eigenvalue weighted by Gasteiger charge is -2.52. The molecule has 1 spiro atoms. The predicted molar refractivity (Wildman–Crippen MR) is 110 cm³/mol. The second kappa shape index (κ2) is 6.99. The average Bonchev–Trinajstić information content (AvgIpc) is 2.75. The molecule has 4 amide bonds. The maximum absolute atomic E-state index is 13.7. The molecule has 0 radical (unpaired) electrons. The monoisotopic (exact) mass is 424 g/mol. The molecule has 2 unspecified atom stereocenters. The topological polar surface area (TPSA) is 108 Å². The van der Waals surface area contributed by atoms with Crippen LogP contribution in [0.5, 0.6) is 0 Å². The minimum atomic E-state index is -1.91. The van der Waals surface area contributed by atoms with E-state index in [4.69, 9.17) is 17.3 Å². The van der Waals surface area contributed by atoms with E-state index in [1.807, 2.05) is 6.08 Å². The number of benzene rings is 1. The van der Waals surface area contributed by atoms with Crippen LogP contribution in [0.1, 0.15) is 30.7 Å². The van der Waals surface area contributed by atoms with E-state index in [1.165, 1.54) is 14.1 Å². The molecule has 2 aliphatic carbocycles. The number of hydrogen-bond acceptors (Lipinski definition) is 5. The van der Waals surface area contributed by atoms with Crippen LogP contribution in [-0.4, -0.2) is 41.7 Å².